The maximum absolute atomic E-state index is 13.3. The first-order chi connectivity index (χ1) is 17.1. The van der Waals surface area contributed by atoms with E-state index in [1.54, 1.807) is 6.92 Å². The zero-order chi connectivity index (χ0) is 26.2. The van der Waals surface area contributed by atoms with E-state index < -0.39 is 46.1 Å². The van der Waals surface area contributed by atoms with Crippen LogP contribution in [0.5, 0.6) is 5.75 Å². The van der Waals surface area contributed by atoms with Crippen LogP contribution in [0.2, 0.25) is 0 Å². The molecule has 0 spiro atoms. The molecule has 2 N–H and O–H groups in total. The van der Waals surface area contributed by atoms with Crippen molar-refractivity contribution < 1.29 is 23.9 Å². The standard InChI is InChI=1S/C25H30FN5O5/c1-4-31(23(36)22(35)29(2)3)25-11-9-16(10-12-25)14-30-21(34)19(32)18(28-24(25)30)20(33)27-13-15-5-7-17(26)8-6-15/h5-8,16,32H,4,9-14H2,1-3H3,(H,27,33). The van der Waals surface area contributed by atoms with Gasteiger partial charge in [0, 0.05) is 33.7 Å². The van der Waals surface area contributed by atoms with Crippen molar-refractivity contribution in [2.24, 2.45) is 5.92 Å². The highest BCUT2D eigenvalue weighted by Gasteiger charge is 2.51. The first-order valence-electron chi connectivity index (χ1n) is 12.0. The van der Waals surface area contributed by atoms with Gasteiger partial charge in [-0.3, -0.25) is 23.7 Å². The topological polar surface area (TPSA) is 125 Å². The number of nitrogens with zero attached hydrogens (tertiary/aromatic N) is 4. The average Bonchev–Trinajstić information content (AvgIpc) is 3.12. The summed E-state index contributed by atoms with van der Waals surface area (Å²) >= 11 is 0. The minimum absolute atomic E-state index is 0.0305. The van der Waals surface area contributed by atoms with Crippen LogP contribution in [-0.2, 0) is 28.2 Å². The second-order valence-corrected chi connectivity index (χ2v) is 9.58. The highest BCUT2D eigenvalue weighted by molar-refractivity contribution is 6.34. The van der Waals surface area contributed by atoms with Crippen molar-refractivity contribution in [1.82, 2.24) is 24.7 Å². The van der Waals surface area contributed by atoms with Crippen LogP contribution < -0.4 is 10.9 Å². The van der Waals surface area contributed by atoms with Gasteiger partial charge in [0.1, 0.15) is 17.2 Å². The smallest absolute Gasteiger partial charge is 0.312 e. The lowest BCUT2D eigenvalue weighted by Gasteiger charge is -2.45. The van der Waals surface area contributed by atoms with Crippen LogP contribution in [0.4, 0.5) is 4.39 Å². The minimum Gasteiger partial charge on any atom is -0.501 e. The molecule has 0 saturated heterocycles. The van der Waals surface area contributed by atoms with Crippen LogP contribution in [0.3, 0.4) is 0 Å². The lowest BCUT2D eigenvalue weighted by Crippen LogP contribution is -2.56. The van der Waals surface area contributed by atoms with Crippen molar-refractivity contribution in [3.8, 4) is 5.75 Å². The summed E-state index contributed by atoms with van der Waals surface area (Å²) in [6.07, 6.45) is 2.36. The molecule has 36 heavy (non-hydrogen) atoms. The van der Waals surface area contributed by atoms with Gasteiger partial charge < -0.3 is 20.2 Å². The lowest BCUT2D eigenvalue weighted by molar-refractivity contribution is -0.156. The molecule has 5 rings (SSSR count). The van der Waals surface area contributed by atoms with E-state index in [0.717, 1.165) is 0 Å². The highest BCUT2D eigenvalue weighted by atomic mass is 19.1. The molecule has 0 radical (unpaired) electrons. The van der Waals surface area contributed by atoms with Crippen molar-refractivity contribution in [2.75, 3.05) is 20.6 Å². The molecule has 2 aromatic rings. The monoisotopic (exact) mass is 499 g/mol. The molecule has 2 bridgehead atoms. The summed E-state index contributed by atoms with van der Waals surface area (Å²) in [5, 5.41) is 13.3. The van der Waals surface area contributed by atoms with E-state index in [4.69, 9.17) is 0 Å². The molecule has 0 unspecified atom stereocenters. The first kappa shape index (κ1) is 25.3. The summed E-state index contributed by atoms with van der Waals surface area (Å²) in [6.45, 7) is 2.29. The van der Waals surface area contributed by atoms with Crippen molar-refractivity contribution in [2.45, 2.75) is 51.2 Å². The molecule has 3 heterocycles. The summed E-state index contributed by atoms with van der Waals surface area (Å²) in [7, 11) is 2.99. The van der Waals surface area contributed by atoms with Gasteiger partial charge in [0.2, 0.25) is 5.75 Å². The number of benzene rings is 1. The zero-order valence-electron chi connectivity index (χ0n) is 20.6. The fourth-order valence-corrected chi connectivity index (χ4v) is 5.25. The van der Waals surface area contributed by atoms with Gasteiger partial charge >= 0.3 is 11.8 Å². The van der Waals surface area contributed by atoms with Gasteiger partial charge in [-0.1, -0.05) is 12.1 Å². The van der Waals surface area contributed by atoms with E-state index >= 15 is 0 Å². The number of nitrogens with one attached hydrogen (secondary N) is 1. The Morgan fingerprint density at radius 1 is 1.17 bits per heavy atom. The molecule has 11 heteroatoms. The predicted octanol–water partition coefficient (Wildman–Crippen LogP) is 1.35. The molecule has 192 valence electrons. The quantitative estimate of drug-likeness (QED) is 0.599. The fraction of sp³-hybridized carbons (Fsp3) is 0.480. The van der Waals surface area contributed by atoms with Gasteiger partial charge in [-0.2, -0.15) is 0 Å². The van der Waals surface area contributed by atoms with E-state index in [2.05, 4.69) is 10.3 Å². The van der Waals surface area contributed by atoms with Crippen molar-refractivity contribution in [1.29, 1.82) is 0 Å². The third-order valence-electron chi connectivity index (χ3n) is 7.18. The molecule has 1 saturated carbocycles. The zero-order valence-corrected chi connectivity index (χ0v) is 20.6. The largest absolute Gasteiger partial charge is 0.501 e. The Morgan fingerprint density at radius 3 is 2.39 bits per heavy atom. The van der Waals surface area contributed by atoms with E-state index in [0.29, 0.717) is 37.8 Å². The lowest BCUT2D eigenvalue weighted by atomic mass is 9.76. The summed E-state index contributed by atoms with van der Waals surface area (Å²) in [4.78, 5) is 59.3. The molecule has 10 nitrogen and oxygen atoms in total. The fourth-order valence-electron chi connectivity index (χ4n) is 5.25. The van der Waals surface area contributed by atoms with Gasteiger partial charge in [0.25, 0.3) is 11.5 Å². The third kappa shape index (κ3) is 4.33. The van der Waals surface area contributed by atoms with Crippen LogP contribution in [-0.4, -0.2) is 62.8 Å². The van der Waals surface area contributed by atoms with E-state index in [9.17, 15) is 28.7 Å². The molecular formula is C25H30FN5O5. The number of hydrogen-bond donors (Lipinski definition) is 2. The Hall–Kier alpha value is -3.76. The Labute approximate surface area is 207 Å². The molecule has 1 aromatic carbocycles. The van der Waals surface area contributed by atoms with Gasteiger partial charge in [-0.15, -0.1) is 0 Å². The molecule has 1 aliphatic carbocycles. The molecular weight excluding hydrogens is 469 g/mol. The number of amides is 3. The normalized spacial score (nSPS) is 20.3. The number of halogens is 1. The van der Waals surface area contributed by atoms with Crippen LogP contribution in [0.25, 0.3) is 0 Å². The van der Waals surface area contributed by atoms with Crippen molar-refractivity contribution in [3.05, 3.63) is 57.5 Å². The predicted molar refractivity (Wildman–Crippen MR) is 127 cm³/mol. The van der Waals surface area contributed by atoms with Crippen molar-refractivity contribution >= 4 is 17.7 Å². The first-order valence-corrected chi connectivity index (χ1v) is 12.0. The summed E-state index contributed by atoms with van der Waals surface area (Å²) in [5.74, 6) is -3.00. The molecule has 1 fully saturated rings. The molecule has 3 amide bonds. The van der Waals surface area contributed by atoms with Crippen LogP contribution in [0, 0.1) is 11.7 Å². The van der Waals surface area contributed by atoms with Crippen LogP contribution >= 0.6 is 0 Å². The number of carbonyl (C=O) groups excluding carboxylic acids is 3. The summed E-state index contributed by atoms with van der Waals surface area (Å²) < 4.78 is 14.5. The second-order valence-electron chi connectivity index (χ2n) is 9.58. The molecule has 2 aliphatic heterocycles. The average molecular weight is 500 g/mol. The molecule has 1 aromatic heterocycles. The number of rotatable bonds is 5. The van der Waals surface area contributed by atoms with Crippen LogP contribution in [0.1, 0.15) is 54.5 Å². The van der Waals surface area contributed by atoms with E-state index in [-0.39, 0.29) is 24.8 Å². The Bertz CT molecular complexity index is 1250. The van der Waals surface area contributed by atoms with Crippen molar-refractivity contribution in [3.63, 3.8) is 0 Å². The Kier molecular flexibility index (Phi) is 6.83. The summed E-state index contributed by atoms with van der Waals surface area (Å²) in [5.41, 5.74) is -1.65. The van der Waals surface area contributed by atoms with Crippen LogP contribution in [0.15, 0.2) is 29.1 Å². The maximum Gasteiger partial charge on any atom is 0.312 e. The van der Waals surface area contributed by atoms with E-state index in [1.165, 1.54) is 52.7 Å². The number of carbonyl (C=O) groups is 3. The van der Waals surface area contributed by atoms with Gasteiger partial charge in [0.15, 0.2) is 5.69 Å². The minimum atomic E-state index is -1.07. The molecule has 0 atom stereocenters. The van der Waals surface area contributed by atoms with E-state index in [1.807, 2.05) is 0 Å². The third-order valence-corrected chi connectivity index (χ3v) is 7.18. The van der Waals surface area contributed by atoms with Gasteiger partial charge in [-0.25, -0.2) is 9.37 Å². The number of aromatic hydroxyl groups is 1. The highest BCUT2D eigenvalue weighted by Crippen LogP contribution is 2.47. The second kappa shape index (κ2) is 9.71. The number of likely N-dealkylation sites (N-methyl/N-ethyl adjacent to an activating group) is 2. The van der Waals surface area contributed by atoms with Gasteiger partial charge in [0.05, 0.1) is 0 Å². The molecule has 3 aliphatic rings. The number of hydrogen-bond acceptors (Lipinski definition) is 6. The Morgan fingerprint density at radius 2 is 1.81 bits per heavy atom. The number of aromatic nitrogens is 2. The Balaban J connectivity index is 1.77. The maximum atomic E-state index is 13.3. The van der Waals surface area contributed by atoms with Gasteiger partial charge in [-0.05, 0) is 56.2 Å². The SMILES string of the molecule is CCN(C(=O)C(=O)N(C)C)C12CCC(CC1)Cn1c2nc(C(=O)NCc2ccc(F)cc2)c(O)c1=O. The summed E-state index contributed by atoms with van der Waals surface area (Å²) in [6, 6.07) is 5.54. The number of fused-ring (bicyclic) bond motifs is 2.